The van der Waals surface area contributed by atoms with Crippen LogP contribution < -0.4 is 10.2 Å². The SMILES string of the molecule is CCN(CC1CCCN1)c1cccc([N+](=O)[O-])c1. The second-order valence-corrected chi connectivity index (χ2v) is 4.61. The van der Waals surface area contributed by atoms with Crippen molar-refractivity contribution in [2.24, 2.45) is 0 Å². The molecule has 0 aliphatic carbocycles. The number of non-ortho nitro benzene ring substituents is 1. The van der Waals surface area contributed by atoms with Crippen molar-refractivity contribution >= 4 is 11.4 Å². The van der Waals surface area contributed by atoms with Gasteiger partial charge in [-0.2, -0.15) is 0 Å². The lowest BCUT2D eigenvalue weighted by Crippen LogP contribution is -2.37. The minimum atomic E-state index is -0.342. The topological polar surface area (TPSA) is 58.4 Å². The van der Waals surface area contributed by atoms with Gasteiger partial charge in [-0.1, -0.05) is 6.07 Å². The first-order chi connectivity index (χ1) is 8.70. The fourth-order valence-electron chi connectivity index (χ4n) is 2.40. The predicted octanol–water partition coefficient (Wildman–Crippen LogP) is 2.17. The third-order valence-electron chi connectivity index (χ3n) is 3.39. The monoisotopic (exact) mass is 249 g/mol. The Labute approximate surface area is 107 Å². The summed E-state index contributed by atoms with van der Waals surface area (Å²) in [7, 11) is 0. The molecule has 1 fully saturated rings. The maximum absolute atomic E-state index is 10.8. The lowest BCUT2D eigenvalue weighted by Gasteiger charge is -2.26. The first kappa shape index (κ1) is 12.8. The number of benzene rings is 1. The van der Waals surface area contributed by atoms with Crippen LogP contribution in [0.4, 0.5) is 11.4 Å². The molecule has 5 heteroatoms. The quantitative estimate of drug-likeness (QED) is 0.642. The smallest absolute Gasteiger partial charge is 0.271 e. The molecule has 0 bridgehead atoms. The Bertz CT molecular complexity index is 416. The van der Waals surface area contributed by atoms with E-state index in [2.05, 4.69) is 17.1 Å². The molecule has 0 radical (unpaired) electrons. The predicted molar refractivity (Wildman–Crippen MR) is 72.0 cm³/mol. The van der Waals surface area contributed by atoms with E-state index in [0.717, 1.165) is 25.3 Å². The average molecular weight is 249 g/mol. The molecule has 1 N–H and O–H groups in total. The summed E-state index contributed by atoms with van der Waals surface area (Å²) in [5.74, 6) is 0. The van der Waals surface area contributed by atoms with Crippen LogP contribution in [0, 0.1) is 10.1 Å². The van der Waals surface area contributed by atoms with Crippen LogP contribution in [0.3, 0.4) is 0 Å². The molecular weight excluding hydrogens is 230 g/mol. The zero-order valence-corrected chi connectivity index (χ0v) is 10.6. The van der Waals surface area contributed by atoms with E-state index in [0.29, 0.717) is 6.04 Å². The van der Waals surface area contributed by atoms with E-state index < -0.39 is 0 Å². The number of anilines is 1. The van der Waals surface area contributed by atoms with Crippen molar-refractivity contribution in [3.05, 3.63) is 34.4 Å². The maximum atomic E-state index is 10.8. The highest BCUT2D eigenvalue weighted by molar-refractivity contribution is 5.53. The van der Waals surface area contributed by atoms with E-state index in [9.17, 15) is 10.1 Å². The molecule has 1 heterocycles. The van der Waals surface area contributed by atoms with Crippen molar-refractivity contribution < 1.29 is 4.92 Å². The summed E-state index contributed by atoms with van der Waals surface area (Å²) in [5.41, 5.74) is 1.09. The van der Waals surface area contributed by atoms with Crippen molar-refractivity contribution in [3.8, 4) is 0 Å². The molecule has 1 saturated heterocycles. The van der Waals surface area contributed by atoms with E-state index in [-0.39, 0.29) is 10.6 Å². The molecule has 0 amide bonds. The van der Waals surface area contributed by atoms with Gasteiger partial charge in [0.2, 0.25) is 0 Å². The van der Waals surface area contributed by atoms with E-state index in [4.69, 9.17) is 0 Å². The molecular formula is C13H19N3O2. The first-order valence-electron chi connectivity index (χ1n) is 6.43. The van der Waals surface area contributed by atoms with E-state index in [1.807, 2.05) is 6.07 Å². The lowest BCUT2D eigenvalue weighted by molar-refractivity contribution is -0.384. The Morgan fingerprint density at radius 1 is 1.56 bits per heavy atom. The Morgan fingerprint density at radius 2 is 2.39 bits per heavy atom. The van der Waals surface area contributed by atoms with Crippen LogP contribution in [0.15, 0.2) is 24.3 Å². The minimum absolute atomic E-state index is 0.158. The standard InChI is InChI=1S/C13H19N3O2/c1-2-15(10-11-5-4-8-14-11)12-6-3-7-13(9-12)16(17)18/h3,6-7,9,11,14H,2,4-5,8,10H2,1H3. The molecule has 2 rings (SSSR count). The summed E-state index contributed by atoms with van der Waals surface area (Å²) in [6.45, 7) is 4.93. The van der Waals surface area contributed by atoms with Crippen LogP contribution in [-0.4, -0.2) is 30.6 Å². The second kappa shape index (κ2) is 5.82. The van der Waals surface area contributed by atoms with Gasteiger partial charge in [0, 0.05) is 37.0 Å². The number of rotatable bonds is 5. The van der Waals surface area contributed by atoms with Gasteiger partial charge in [0.05, 0.1) is 4.92 Å². The molecule has 1 unspecified atom stereocenters. The Kier molecular flexibility index (Phi) is 4.15. The van der Waals surface area contributed by atoms with Gasteiger partial charge in [-0.05, 0) is 32.4 Å². The maximum Gasteiger partial charge on any atom is 0.271 e. The number of nitro groups is 1. The van der Waals surface area contributed by atoms with Gasteiger partial charge >= 0.3 is 0 Å². The molecule has 1 aliphatic heterocycles. The van der Waals surface area contributed by atoms with Crippen LogP contribution in [0.2, 0.25) is 0 Å². The van der Waals surface area contributed by atoms with Gasteiger partial charge in [-0.15, -0.1) is 0 Å². The number of hydrogen-bond acceptors (Lipinski definition) is 4. The molecule has 0 aromatic heterocycles. The summed E-state index contributed by atoms with van der Waals surface area (Å²) in [4.78, 5) is 12.6. The molecule has 1 aromatic rings. The molecule has 0 saturated carbocycles. The van der Waals surface area contributed by atoms with Crippen molar-refractivity contribution in [2.75, 3.05) is 24.5 Å². The van der Waals surface area contributed by atoms with Gasteiger partial charge in [0.25, 0.3) is 5.69 Å². The van der Waals surface area contributed by atoms with Gasteiger partial charge in [0.15, 0.2) is 0 Å². The lowest BCUT2D eigenvalue weighted by atomic mass is 10.2. The van der Waals surface area contributed by atoms with Crippen LogP contribution in [0.25, 0.3) is 0 Å². The van der Waals surface area contributed by atoms with Gasteiger partial charge in [-0.25, -0.2) is 0 Å². The van der Waals surface area contributed by atoms with Gasteiger partial charge in [-0.3, -0.25) is 10.1 Å². The normalized spacial score (nSPS) is 18.8. The number of nitrogens with one attached hydrogen (secondary N) is 1. The second-order valence-electron chi connectivity index (χ2n) is 4.61. The van der Waals surface area contributed by atoms with Gasteiger partial charge < -0.3 is 10.2 Å². The average Bonchev–Trinajstić information content (AvgIpc) is 2.89. The summed E-state index contributed by atoms with van der Waals surface area (Å²) in [5, 5.41) is 14.2. The molecule has 1 atom stereocenters. The summed E-state index contributed by atoms with van der Waals surface area (Å²) in [6, 6.07) is 7.37. The number of hydrogen-bond donors (Lipinski definition) is 1. The zero-order valence-electron chi connectivity index (χ0n) is 10.6. The zero-order chi connectivity index (χ0) is 13.0. The fraction of sp³-hybridized carbons (Fsp3) is 0.538. The van der Waals surface area contributed by atoms with Crippen molar-refractivity contribution in [2.45, 2.75) is 25.8 Å². The summed E-state index contributed by atoms with van der Waals surface area (Å²) < 4.78 is 0. The summed E-state index contributed by atoms with van der Waals surface area (Å²) in [6.07, 6.45) is 2.41. The highest BCUT2D eigenvalue weighted by Crippen LogP contribution is 2.22. The van der Waals surface area contributed by atoms with Crippen LogP contribution in [-0.2, 0) is 0 Å². The Balaban J connectivity index is 2.10. The largest absolute Gasteiger partial charge is 0.370 e. The molecule has 0 spiro atoms. The number of nitrogens with zero attached hydrogens (tertiary/aromatic N) is 2. The van der Waals surface area contributed by atoms with Crippen molar-refractivity contribution in [3.63, 3.8) is 0 Å². The van der Waals surface area contributed by atoms with Crippen molar-refractivity contribution in [1.82, 2.24) is 5.32 Å². The number of likely N-dealkylation sites (N-methyl/N-ethyl adjacent to an activating group) is 1. The number of nitro benzene ring substituents is 1. The van der Waals surface area contributed by atoms with Crippen LogP contribution in [0.1, 0.15) is 19.8 Å². The van der Waals surface area contributed by atoms with E-state index in [1.54, 1.807) is 12.1 Å². The van der Waals surface area contributed by atoms with E-state index >= 15 is 0 Å². The molecule has 5 nitrogen and oxygen atoms in total. The first-order valence-corrected chi connectivity index (χ1v) is 6.43. The molecule has 18 heavy (non-hydrogen) atoms. The Morgan fingerprint density at radius 3 is 3.00 bits per heavy atom. The van der Waals surface area contributed by atoms with Crippen LogP contribution >= 0.6 is 0 Å². The third kappa shape index (κ3) is 2.98. The van der Waals surface area contributed by atoms with Gasteiger partial charge in [0.1, 0.15) is 0 Å². The highest BCUT2D eigenvalue weighted by Gasteiger charge is 2.18. The highest BCUT2D eigenvalue weighted by atomic mass is 16.6. The van der Waals surface area contributed by atoms with E-state index in [1.165, 1.54) is 18.9 Å². The minimum Gasteiger partial charge on any atom is -0.370 e. The summed E-state index contributed by atoms with van der Waals surface area (Å²) >= 11 is 0. The molecule has 1 aromatic carbocycles. The van der Waals surface area contributed by atoms with Crippen molar-refractivity contribution in [1.29, 1.82) is 0 Å². The Hall–Kier alpha value is -1.62. The van der Waals surface area contributed by atoms with Crippen LogP contribution in [0.5, 0.6) is 0 Å². The molecule has 98 valence electrons. The molecule has 1 aliphatic rings. The third-order valence-corrected chi connectivity index (χ3v) is 3.39. The fourth-order valence-corrected chi connectivity index (χ4v) is 2.40.